The van der Waals surface area contributed by atoms with E-state index < -0.39 is 161 Å². The van der Waals surface area contributed by atoms with Crippen molar-refractivity contribution in [3.63, 3.8) is 0 Å². The summed E-state index contributed by atoms with van der Waals surface area (Å²) in [5, 5.41) is 119. The molecule has 10 rings (SSSR count). The summed E-state index contributed by atoms with van der Waals surface area (Å²) in [6, 6.07) is 0. The summed E-state index contributed by atoms with van der Waals surface area (Å²) in [4.78, 5) is 12.8. The van der Waals surface area contributed by atoms with Crippen LogP contribution < -0.4 is 0 Å². The van der Waals surface area contributed by atoms with Crippen molar-refractivity contribution in [3.8, 4) is 0 Å². The first-order valence-corrected chi connectivity index (χ1v) is 27.3. The Hall–Kier alpha value is -1.63. The van der Waals surface area contributed by atoms with Gasteiger partial charge in [-0.15, -0.1) is 0 Å². The van der Waals surface area contributed by atoms with Gasteiger partial charge in [-0.05, 0) is 91.8 Å². The number of hydrogen-bond acceptors (Lipinski definition) is 23. The van der Waals surface area contributed by atoms with Crippen LogP contribution in [-0.2, 0) is 56.9 Å². The van der Waals surface area contributed by atoms with Gasteiger partial charge in [0.15, 0.2) is 37.1 Å². The molecule has 3 saturated carbocycles. The lowest BCUT2D eigenvalue weighted by atomic mass is 9.47. The number of ether oxygens (including phenoxy) is 11. The number of hydrogen-bond donors (Lipinski definition) is 11. The summed E-state index contributed by atoms with van der Waals surface area (Å²) in [5.41, 5.74) is 1.37. The van der Waals surface area contributed by atoms with Gasteiger partial charge >= 0.3 is 5.97 Å². The van der Waals surface area contributed by atoms with Crippen LogP contribution >= 0.6 is 0 Å². The van der Waals surface area contributed by atoms with E-state index in [9.17, 15) is 61.0 Å². The maximum atomic E-state index is 12.8. The molecule has 9 fully saturated rings. The van der Waals surface area contributed by atoms with E-state index in [1.807, 2.05) is 0 Å². The molecule has 0 aromatic rings. The molecule has 0 bridgehead atoms. The average molecular weight is 1080 g/mol. The topological polar surface area (TPSA) is 341 Å². The van der Waals surface area contributed by atoms with E-state index in [1.54, 1.807) is 0 Å². The average Bonchev–Trinajstić information content (AvgIpc) is 3.84. The van der Waals surface area contributed by atoms with Crippen molar-refractivity contribution in [2.45, 2.75) is 227 Å². The molecule has 23 heteroatoms. The second kappa shape index (κ2) is 22.0. The quantitative estimate of drug-likeness (QED) is 0.0760. The second-order valence-electron chi connectivity index (χ2n) is 24.0. The summed E-state index contributed by atoms with van der Waals surface area (Å²) in [7, 11) is 0. The van der Waals surface area contributed by atoms with Crippen molar-refractivity contribution < 1.29 is 113 Å². The Balaban J connectivity index is 0.857. The van der Waals surface area contributed by atoms with Gasteiger partial charge in [0.25, 0.3) is 0 Å². The van der Waals surface area contributed by atoms with Gasteiger partial charge in [-0.3, -0.25) is 4.79 Å². The number of rotatable bonds is 12. The summed E-state index contributed by atoms with van der Waals surface area (Å²) in [5.74, 6) is 1.54. The predicted molar refractivity (Wildman–Crippen MR) is 252 cm³/mol. The van der Waals surface area contributed by atoms with E-state index in [1.165, 1.54) is 5.57 Å². The lowest BCUT2D eigenvalue weighted by Gasteiger charge is -2.58. The highest BCUT2D eigenvalue weighted by atomic mass is 16.8. The zero-order chi connectivity index (χ0) is 53.6. The van der Waals surface area contributed by atoms with Crippen LogP contribution in [0.3, 0.4) is 0 Å². The zero-order valence-corrected chi connectivity index (χ0v) is 43.4. The molecule has 0 amide bonds. The third-order valence-corrected chi connectivity index (χ3v) is 19.7. The highest BCUT2D eigenvalue weighted by Gasteiger charge is 2.69. The van der Waals surface area contributed by atoms with Crippen molar-refractivity contribution >= 4 is 5.97 Å². The Kier molecular flexibility index (Phi) is 16.6. The third-order valence-electron chi connectivity index (χ3n) is 19.7. The highest BCUT2D eigenvalue weighted by Crippen LogP contribution is 2.71. The van der Waals surface area contributed by atoms with E-state index in [0.29, 0.717) is 48.3 Å². The number of aliphatic hydroxyl groups excluding tert-OH is 11. The van der Waals surface area contributed by atoms with Crippen LogP contribution in [-0.4, -0.2) is 230 Å². The standard InChI is InChI=1S/C52H82O23/c1-21-8-13-52(66-19-21)22(2)34-30(75-52)15-28-26-7-6-24-14-25(9-11-50(24,4)27(26)10-12-51(28,34)5)68-48-44(67-23(3)56)41(64)42(33(18-55)71-48)72-49-45(74-47-40(63)38(61)36(59)31(16-53)69-47)43(37(60)32(17-54)70-49)73-46-39(62)35(58)29(57)20-65-46/h6,21-22,25-49,53-55,57-64H,7-20H2,1-5H3/t21?,22?,25-,26+,27?,28?,29+,30?,31-,32+,33+,34?,35-,36-,37+,38+,39+,40-,41-,42-,43-,44+,45+,46-,47-,48+,49-,50-,51-,52+/m0/s1. The molecule has 11 N–H and O–H groups in total. The molecule has 23 nitrogen and oxygen atoms in total. The van der Waals surface area contributed by atoms with Crippen molar-refractivity contribution in [2.75, 3.05) is 33.0 Å². The van der Waals surface area contributed by atoms with E-state index in [0.717, 1.165) is 58.5 Å². The van der Waals surface area contributed by atoms with E-state index in [4.69, 9.17) is 52.1 Å². The normalized spacial score (nSPS) is 54.8. The summed E-state index contributed by atoms with van der Waals surface area (Å²) >= 11 is 0. The molecule has 4 aliphatic carbocycles. The predicted octanol–water partition coefficient (Wildman–Crippen LogP) is -1.78. The molecule has 0 aromatic heterocycles. The summed E-state index contributed by atoms with van der Waals surface area (Å²) in [6.07, 6.45) is -22.7. The third kappa shape index (κ3) is 9.99. The van der Waals surface area contributed by atoms with Gasteiger partial charge in [-0.1, -0.05) is 39.3 Å². The van der Waals surface area contributed by atoms with Crippen LogP contribution in [0.2, 0.25) is 0 Å². The van der Waals surface area contributed by atoms with Gasteiger partial charge in [-0.2, -0.15) is 0 Å². The maximum absolute atomic E-state index is 12.8. The fourth-order valence-electron chi connectivity index (χ4n) is 15.6. The first-order chi connectivity index (χ1) is 35.7. The Bertz CT molecular complexity index is 2010. The zero-order valence-electron chi connectivity index (χ0n) is 43.4. The van der Waals surface area contributed by atoms with Crippen LogP contribution in [0.15, 0.2) is 11.6 Å². The van der Waals surface area contributed by atoms with Gasteiger partial charge in [0, 0.05) is 19.3 Å². The highest BCUT2D eigenvalue weighted by molar-refractivity contribution is 5.66. The fraction of sp³-hybridized carbons (Fsp3) is 0.942. The number of fused-ring (bicyclic) bond motifs is 7. The molecule has 75 heavy (non-hydrogen) atoms. The Morgan fingerprint density at radius 1 is 0.653 bits per heavy atom. The molecule has 1 spiro atoms. The molecule has 0 radical (unpaired) electrons. The molecule has 6 saturated heterocycles. The van der Waals surface area contributed by atoms with E-state index in [2.05, 4.69) is 33.8 Å². The van der Waals surface area contributed by atoms with Crippen LogP contribution in [0.5, 0.6) is 0 Å². The lowest BCUT2D eigenvalue weighted by molar-refractivity contribution is -0.403. The van der Waals surface area contributed by atoms with Gasteiger partial charge < -0.3 is 108 Å². The molecule has 6 heterocycles. The SMILES string of the molecule is CC(=O)O[C@H]1[C@H](O[C@H]2CC[C@@]3(C)C(=CC[C@H]4C5CC6O[C@]7(CCC(C)CO7)C(C)C6[C@@]5(C)CCC43)C2)O[C@H](CO)[C@H](O[C@@H]2O[C@H](CO)[C@@H](O)[C@H](O[C@@H]3OC[C@@H](O)[C@H](O)[C@H]3O)[C@H]2O[C@@H]2O[C@@H](CO)[C@H](O)[C@@H](O)[C@@H]2O)[C@@H]1O. The molecular weight excluding hydrogens is 993 g/mol. The van der Waals surface area contributed by atoms with Gasteiger partial charge in [0.05, 0.1) is 45.2 Å². The van der Waals surface area contributed by atoms with E-state index in [-0.39, 0.29) is 16.9 Å². The smallest absolute Gasteiger partial charge is 0.303 e. The number of esters is 1. The number of carbonyl (C=O) groups is 1. The minimum Gasteiger partial charge on any atom is -0.454 e. The van der Waals surface area contributed by atoms with Crippen LogP contribution in [0.4, 0.5) is 0 Å². The molecule has 0 aromatic carbocycles. The second-order valence-corrected chi connectivity index (χ2v) is 24.0. The summed E-state index contributed by atoms with van der Waals surface area (Å²) < 4.78 is 67.7. The molecule has 428 valence electrons. The van der Waals surface area contributed by atoms with Gasteiger partial charge in [0.2, 0.25) is 0 Å². The molecule has 30 atom stereocenters. The Labute approximate surface area is 436 Å². The monoisotopic (exact) mass is 1070 g/mol. The molecular formula is C52H82O23. The minimum atomic E-state index is -2.02. The van der Waals surface area contributed by atoms with Crippen LogP contribution in [0.1, 0.15) is 92.4 Å². The minimum absolute atomic E-state index is 0.0784. The maximum Gasteiger partial charge on any atom is 0.303 e. The van der Waals surface area contributed by atoms with Crippen molar-refractivity contribution in [1.29, 1.82) is 0 Å². The number of carbonyl (C=O) groups excluding carboxylic acids is 1. The first-order valence-electron chi connectivity index (χ1n) is 27.3. The molecule has 10 aliphatic rings. The number of aliphatic hydroxyl groups is 11. The largest absolute Gasteiger partial charge is 0.454 e. The van der Waals surface area contributed by atoms with Crippen LogP contribution in [0, 0.1) is 46.3 Å². The fourth-order valence-corrected chi connectivity index (χ4v) is 15.6. The first kappa shape index (κ1) is 56.6. The van der Waals surface area contributed by atoms with E-state index >= 15 is 0 Å². The lowest BCUT2D eigenvalue weighted by Crippen LogP contribution is -2.68. The van der Waals surface area contributed by atoms with Crippen molar-refractivity contribution in [3.05, 3.63) is 11.6 Å². The van der Waals surface area contributed by atoms with Crippen molar-refractivity contribution in [1.82, 2.24) is 0 Å². The van der Waals surface area contributed by atoms with Crippen LogP contribution in [0.25, 0.3) is 0 Å². The Morgan fingerprint density at radius 2 is 1.31 bits per heavy atom. The van der Waals surface area contributed by atoms with Crippen molar-refractivity contribution in [2.24, 2.45) is 46.3 Å². The molecule has 6 aliphatic heterocycles. The molecule has 6 unspecified atom stereocenters. The number of allylic oxidation sites excluding steroid dienone is 1. The summed E-state index contributed by atoms with van der Waals surface area (Å²) in [6.45, 7) is 8.31. The van der Waals surface area contributed by atoms with Gasteiger partial charge in [0.1, 0.15) is 85.5 Å². The Morgan fingerprint density at radius 3 is 2.00 bits per heavy atom. The van der Waals surface area contributed by atoms with Gasteiger partial charge in [-0.25, -0.2) is 0 Å².